The molecule has 1 amide bonds. The molecule has 3 rings (SSSR count). The lowest BCUT2D eigenvalue weighted by molar-refractivity contribution is -0.116. The van der Waals surface area contributed by atoms with E-state index < -0.39 is 10.0 Å². The van der Waals surface area contributed by atoms with Gasteiger partial charge in [0.15, 0.2) is 0 Å². The van der Waals surface area contributed by atoms with Crippen LogP contribution in [0.15, 0.2) is 59.5 Å². The molecule has 2 aromatic carbocycles. The maximum atomic E-state index is 12.7. The topological polar surface area (TPSA) is 66.5 Å². The SMILES string of the molecule is O=C1CN(Cc2ccccc2)S(=O)(=O)c2ccccc2N1. The minimum Gasteiger partial charge on any atom is -0.324 e. The molecule has 1 N–H and O–H groups in total. The number of rotatable bonds is 2. The fraction of sp³-hybridized carbons (Fsp3) is 0.133. The van der Waals surface area contributed by atoms with E-state index in [1.807, 2.05) is 30.3 Å². The second-order valence-corrected chi connectivity index (χ2v) is 6.71. The number of hydrogen-bond donors (Lipinski definition) is 1. The van der Waals surface area contributed by atoms with Gasteiger partial charge in [-0.1, -0.05) is 42.5 Å². The van der Waals surface area contributed by atoms with Gasteiger partial charge in [0.1, 0.15) is 4.90 Å². The molecule has 1 aliphatic rings. The molecule has 1 heterocycles. The van der Waals surface area contributed by atoms with Gasteiger partial charge in [-0.2, -0.15) is 4.31 Å². The van der Waals surface area contributed by atoms with Crippen molar-refractivity contribution < 1.29 is 13.2 Å². The van der Waals surface area contributed by atoms with Crippen molar-refractivity contribution in [3.8, 4) is 0 Å². The Morgan fingerprint density at radius 1 is 1.00 bits per heavy atom. The zero-order valence-electron chi connectivity index (χ0n) is 11.2. The number of amides is 1. The second kappa shape index (κ2) is 5.31. The van der Waals surface area contributed by atoms with Crippen molar-refractivity contribution in [2.24, 2.45) is 0 Å². The highest BCUT2D eigenvalue weighted by atomic mass is 32.2. The van der Waals surface area contributed by atoms with Crippen molar-refractivity contribution in [2.75, 3.05) is 11.9 Å². The minimum absolute atomic E-state index is 0.131. The maximum absolute atomic E-state index is 12.7. The number of anilines is 1. The Morgan fingerprint density at radius 3 is 2.43 bits per heavy atom. The van der Waals surface area contributed by atoms with Gasteiger partial charge >= 0.3 is 0 Å². The summed E-state index contributed by atoms with van der Waals surface area (Å²) in [5.74, 6) is -0.334. The average Bonchev–Trinajstić information content (AvgIpc) is 2.56. The summed E-state index contributed by atoms with van der Waals surface area (Å²) in [5, 5.41) is 2.63. The van der Waals surface area contributed by atoms with E-state index >= 15 is 0 Å². The minimum atomic E-state index is -3.70. The van der Waals surface area contributed by atoms with Crippen LogP contribution >= 0.6 is 0 Å². The van der Waals surface area contributed by atoms with Crippen LogP contribution < -0.4 is 5.32 Å². The second-order valence-electron chi connectivity index (χ2n) is 4.80. The summed E-state index contributed by atoms with van der Waals surface area (Å²) < 4.78 is 26.6. The molecule has 0 aliphatic carbocycles. The van der Waals surface area contributed by atoms with Crippen molar-refractivity contribution >= 4 is 21.6 Å². The molecule has 0 radical (unpaired) electrons. The number of nitrogens with one attached hydrogen (secondary N) is 1. The molecule has 0 spiro atoms. The van der Waals surface area contributed by atoms with Crippen LogP contribution in [0.1, 0.15) is 5.56 Å². The van der Waals surface area contributed by atoms with Crippen LogP contribution in [-0.2, 0) is 21.4 Å². The first-order valence-electron chi connectivity index (χ1n) is 6.50. The monoisotopic (exact) mass is 302 g/mol. The van der Waals surface area contributed by atoms with E-state index in [0.717, 1.165) is 5.56 Å². The number of carbonyl (C=O) groups excluding carboxylic acids is 1. The third kappa shape index (κ3) is 2.68. The van der Waals surface area contributed by atoms with Gasteiger partial charge < -0.3 is 5.32 Å². The molecule has 2 aromatic rings. The molecule has 0 atom stereocenters. The number of benzene rings is 2. The van der Waals surface area contributed by atoms with Crippen molar-refractivity contribution in [1.82, 2.24) is 4.31 Å². The Morgan fingerprint density at radius 2 is 1.67 bits per heavy atom. The smallest absolute Gasteiger partial charge is 0.245 e. The van der Waals surface area contributed by atoms with Crippen molar-refractivity contribution in [2.45, 2.75) is 11.4 Å². The molecule has 0 aromatic heterocycles. The molecule has 0 saturated heterocycles. The lowest BCUT2D eigenvalue weighted by atomic mass is 10.2. The van der Waals surface area contributed by atoms with Gasteiger partial charge in [0.25, 0.3) is 0 Å². The average molecular weight is 302 g/mol. The standard InChI is InChI=1S/C15H14N2O3S/c18-15-11-17(10-12-6-2-1-3-7-12)21(19,20)14-9-5-4-8-13(14)16-15/h1-9H,10-11H2,(H,16,18). The summed E-state index contributed by atoms with van der Waals surface area (Å²) in [6.45, 7) is -0.0170. The number of para-hydroxylation sites is 1. The number of hydrogen-bond acceptors (Lipinski definition) is 3. The Kier molecular flexibility index (Phi) is 3.48. The number of nitrogens with zero attached hydrogens (tertiary/aromatic N) is 1. The summed E-state index contributed by atoms with van der Waals surface area (Å²) in [6.07, 6.45) is 0. The first kappa shape index (κ1) is 13.8. The summed E-state index contributed by atoms with van der Waals surface area (Å²) in [6, 6.07) is 15.7. The van der Waals surface area contributed by atoms with Crippen LogP contribution in [0, 0.1) is 0 Å². The van der Waals surface area contributed by atoms with E-state index in [4.69, 9.17) is 0 Å². The van der Waals surface area contributed by atoms with Gasteiger partial charge in [-0.05, 0) is 17.7 Å². The van der Waals surface area contributed by atoms with Crippen molar-refractivity contribution in [3.05, 3.63) is 60.2 Å². The number of fused-ring (bicyclic) bond motifs is 1. The molecule has 0 fully saturated rings. The molecular weight excluding hydrogens is 288 g/mol. The van der Waals surface area contributed by atoms with E-state index in [1.165, 1.54) is 10.4 Å². The largest absolute Gasteiger partial charge is 0.324 e. The maximum Gasteiger partial charge on any atom is 0.245 e. The summed E-state index contributed by atoms with van der Waals surface area (Å²) in [7, 11) is -3.70. The Balaban J connectivity index is 2.03. The molecule has 6 heteroatoms. The van der Waals surface area contributed by atoms with E-state index in [1.54, 1.807) is 18.2 Å². The van der Waals surface area contributed by atoms with Gasteiger partial charge in [-0.3, -0.25) is 4.79 Å². The summed E-state index contributed by atoms with van der Waals surface area (Å²) >= 11 is 0. The van der Waals surface area contributed by atoms with Crippen LogP contribution in [0.2, 0.25) is 0 Å². The first-order valence-corrected chi connectivity index (χ1v) is 7.94. The highest BCUT2D eigenvalue weighted by Gasteiger charge is 2.32. The predicted molar refractivity (Wildman–Crippen MR) is 79.1 cm³/mol. The van der Waals surface area contributed by atoms with Gasteiger partial charge in [-0.25, -0.2) is 8.42 Å². The third-order valence-electron chi connectivity index (χ3n) is 3.30. The predicted octanol–water partition coefficient (Wildman–Crippen LogP) is 1.83. The normalized spacial score (nSPS) is 17.6. The van der Waals surface area contributed by atoms with Crippen LogP contribution in [0.5, 0.6) is 0 Å². The van der Waals surface area contributed by atoms with Crippen molar-refractivity contribution in [3.63, 3.8) is 0 Å². The number of carbonyl (C=O) groups is 1. The fourth-order valence-corrected chi connectivity index (χ4v) is 3.83. The highest BCUT2D eigenvalue weighted by molar-refractivity contribution is 7.89. The lowest BCUT2D eigenvalue weighted by Crippen LogP contribution is -2.34. The molecule has 108 valence electrons. The third-order valence-corrected chi connectivity index (χ3v) is 5.15. The molecule has 1 aliphatic heterocycles. The molecule has 21 heavy (non-hydrogen) atoms. The van der Waals surface area contributed by atoms with Gasteiger partial charge in [0.05, 0.1) is 12.2 Å². The first-order chi connectivity index (χ1) is 10.1. The molecule has 5 nitrogen and oxygen atoms in total. The van der Waals surface area contributed by atoms with E-state index in [9.17, 15) is 13.2 Å². The molecular formula is C15H14N2O3S. The summed E-state index contributed by atoms with van der Waals surface area (Å²) in [5.41, 5.74) is 1.17. The zero-order chi connectivity index (χ0) is 14.9. The van der Waals surface area contributed by atoms with Gasteiger partial charge in [-0.15, -0.1) is 0 Å². The summed E-state index contributed by atoms with van der Waals surface area (Å²) in [4.78, 5) is 12.0. The van der Waals surface area contributed by atoms with Crippen LogP contribution in [-0.4, -0.2) is 25.2 Å². The molecule has 0 bridgehead atoms. The highest BCUT2D eigenvalue weighted by Crippen LogP contribution is 2.28. The van der Waals surface area contributed by atoms with E-state index in [-0.39, 0.29) is 23.9 Å². The molecule has 0 saturated carbocycles. The Bertz CT molecular complexity index is 773. The number of sulfonamides is 1. The van der Waals surface area contributed by atoms with Crippen LogP contribution in [0.25, 0.3) is 0 Å². The fourth-order valence-electron chi connectivity index (χ4n) is 2.30. The van der Waals surface area contributed by atoms with E-state index in [2.05, 4.69) is 5.32 Å². The quantitative estimate of drug-likeness (QED) is 0.920. The van der Waals surface area contributed by atoms with E-state index in [0.29, 0.717) is 5.69 Å². The Labute approximate surface area is 123 Å². The van der Waals surface area contributed by atoms with Gasteiger partial charge in [0.2, 0.25) is 15.9 Å². The molecule has 0 unspecified atom stereocenters. The van der Waals surface area contributed by atoms with Crippen LogP contribution in [0.4, 0.5) is 5.69 Å². The zero-order valence-corrected chi connectivity index (χ0v) is 12.0. The Hall–Kier alpha value is -2.18. The lowest BCUT2D eigenvalue weighted by Gasteiger charge is -2.19. The van der Waals surface area contributed by atoms with Crippen molar-refractivity contribution in [1.29, 1.82) is 0 Å². The van der Waals surface area contributed by atoms with Crippen LogP contribution in [0.3, 0.4) is 0 Å². The van der Waals surface area contributed by atoms with Gasteiger partial charge in [0, 0.05) is 6.54 Å².